The Labute approximate surface area is 152 Å². The Bertz CT molecular complexity index is 863. The second-order valence-corrected chi connectivity index (χ2v) is 7.02. The minimum absolute atomic E-state index is 0.131. The summed E-state index contributed by atoms with van der Waals surface area (Å²) in [7, 11) is 0. The summed E-state index contributed by atoms with van der Waals surface area (Å²) in [5.41, 5.74) is 0.263. The van der Waals surface area contributed by atoms with Crippen LogP contribution in [-0.4, -0.2) is 58.3 Å². The van der Waals surface area contributed by atoms with Crippen LogP contribution in [0.1, 0.15) is 33.6 Å². The van der Waals surface area contributed by atoms with Crippen LogP contribution in [0.3, 0.4) is 0 Å². The molecule has 3 saturated heterocycles. The van der Waals surface area contributed by atoms with Gasteiger partial charge < -0.3 is 9.57 Å². The fraction of sp³-hybridized carbons (Fsp3) is 0.389. The maximum Gasteiger partial charge on any atom is 0.352 e. The molecule has 4 unspecified atom stereocenters. The lowest BCUT2D eigenvalue weighted by Gasteiger charge is -2.18. The molecular formula is C18H14N2O7. The van der Waals surface area contributed by atoms with Crippen LogP contribution in [0, 0.1) is 11.8 Å². The highest BCUT2D eigenvalue weighted by Gasteiger charge is 2.62. The van der Waals surface area contributed by atoms with Gasteiger partial charge in [0.1, 0.15) is 6.54 Å². The predicted molar refractivity (Wildman–Crippen MR) is 84.6 cm³/mol. The van der Waals surface area contributed by atoms with E-state index in [2.05, 4.69) is 0 Å². The number of carbonyl (C=O) groups is 5. The molecule has 4 heterocycles. The van der Waals surface area contributed by atoms with E-state index in [-0.39, 0.29) is 23.3 Å². The summed E-state index contributed by atoms with van der Waals surface area (Å²) in [6.45, 7) is -0.641. The molecule has 1 aromatic carbocycles. The van der Waals surface area contributed by atoms with Gasteiger partial charge in [-0.15, -0.1) is 0 Å². The van der Waals surface area contributed by atoms with Gasteiger partial charge >= 0.3 is 5.97 Å². The number of hydrogen-bond donors (Lipinski definition) is 0. The molecule has 0 aliphatic carbocycles. The van der Waals surface area contributed by atoms with Crippen molar-refractivity contribution in [3.8, 4) is 0 Å². The highest BCUT2D eigenvalue weighted by molar-refractivity contribution is 6.21. The molecule has 27 heavy (non-hydrogen) atoms. The lowest BCUT2D eigenvalue weighted by molar-refractivity contribution is -0.172. The molecule has 9 heteroatoms. The molecule has 138 valence electrons. The van der Waals surface area contributed by atoms with Crippen molar-refractivity contribution in [2.24, 2.45) is 11.8 Å². The molecule has 4 amide bonds. The SMILES string of the molecule is O=C(CN1C(=O)C2C3CCC(O3)C2C1=O)ON1C(=O)c2ccccc2C1=O. The van der Waals surface area contributed by atoms with Crippen molar-refractivity contribution in [1.82, 2.24) is 9.96 Å². The molecule has 3 fully saturated rings. The molecule has 0 radical (unpaired) electrons. The summed E-state index contributed by atoms with van der Waals surface area (Å²) in [6, 6.07) is 6.08. The number of ether oxygens (including phenoxy) is 1. The van der Waals surface area contributed by atoms with Crippen molar-refractivity contribution in [2.75, 3.05) is 6.54 Å². The van der Waals surface area contributed by atoms with Gasteiger partial charge in [-0.2, -0.15) is 0 Å². The van der Waals surface area contributed by atoms with Crippen molar-refractivity contribution in [1.29, 1.82) is 0 Å². The van der Waals surface area contributed by atoms with Gasteiger partial charge in [-0.25, -0.2) is 4.79 Å². The fourth-order valence-electron chi connectivity index (χ4n) is 4.44. The second kappa shape index (κ2) is 5.46. The summed E-state index contributed by atoms with van der Waals surface area (Å²) in [5.74, 6) is -4.57. The summed E-state index contributed by atoms with van der Waals surface area (Å²) in [5, 5.41) is 0.367. The zero-order chi connectivity index (χ0) is 18.9. The fourth-order valence-corrected chi connectivity index (χ4v) is 4.44. The van der Waals surface area contributed by atoms with Gasteiger partial charge in [0.05, 0.1) is 35.2 Å². The van der Waals surface area contributed by atoms with Crippen LogP contribution in [-0.2, 0) is 24.0 Å². The van der Waals surface area contributed by atoms with E-state index < -0.39 is 48.0 Å². The number of hydroxylamine groups is 2. The third kappa shape index (κ3) is 2.11. The van der Waals surface area contributed by atoms with E-state index in [9.17, 15) is 24.0 Å². The van der Waals surface area contributed by atoms with Gasteiger partial charge in [0.15, 0.2) is 0 Å². The maximum atomic E-state index is 12.5. The monoisotopic (exact) mass is 370 g/mol. The van der Waals surface area contributed by atoms with E-state index in [1.54, 1.807) is 12.1 Å². The highest BCUT2D eigenvalue weighted by atomic mass is 16.7. The van der Waals surface area contributed by atoms with E-state index in [1.165, 1.54) is 12.1 Å². The zero-order valence-electron chi connectivity index (χ0n) is 14.0. The van der Waals surface area contributed by atoms with E-state index in [1.807, 2.05) is 0 Å². The van der Waals surface area contributed by atoms with Crippen molar-refractivity contribution in [3.63, 3.8) is 0 Å². The molecule has 4 aliphatic heterocycles. The first-order valence-electron chi connectivity index (χ1n) is 8.66. The van der Waals surface area contributed by atoms with E-state index in [4.69, 9.17) is 9.57 Å². The van der Waals surface area contributed by atoms with Crippen LogP contribution in [0.25, 0.3) is 0 Å². The third-order valence-electron chi connectivity index (χ3n) is 5.61. The number of imide groups is 2. The van der Waals surface area contributed by atoms with Crippen LogP contribution in [0.4, 0.5) is 0 Å². The standard InChI is InChI=1S/C18H14N2O7/c21-12(27-20-15(22)8-3-1-2-4-9(8)16(20)23)7-19-17(24)13-10-5-6-11(26-10)14(13)18(19)25/h1-4,10-11,13-14H,5-7H2. The summed E-state index contributed by atoms with van der Waals surface area (Å²) >= 11 is 0. The van der Waals surface area contributed by atoms with Gasteiger partial charge in [-0.1, -0.05) is 17.2 Å². The van der Waals surface area contributed by atoms with Crippen LogP contribution >= 0.6 is 0 Å². The van der Waals surface area contributed by atoms with Crippen LogP contribution in [0.5, 0.6) is 0 Å². The van der Waals surface area contributed by atoms with Crippen LogP contribution in [0.2, 0.25) is 0 Å². The zero-order valence-corrected chi connectivity index (χ0v) is 14.0. The van der Waals surface area contributed by atoms with Gasteiger partial charge in [0.25, 0.3) is 11.8 Å². The van der Waals surface area contributed by atoms with Crippen molar-refractivity contribution in [3.05, 3.63) is 35.4 Å². The Morgan fingerprint density at radius 1 is 0.963 bits per heavy atom. The quantitative estimate of drug-likeness (QED) is 0.684. The van der Waals surface area contributed by atoms with Gasteiger partial charge in [0, 0.05) is 0 Å². The maximum absolute atomic E-state index is 12.5. The third-order valence-corrected chi connectivity index (χ3v) is 5.61. The lowest BCUT2D eigenvalue weighted by Crippen LogP contribution is -2.42. The first-order chi connectivity index (χ1) is 13.0. The Morgan fingerprint density at radius 3 is 2.00 bits per heavy atom. The Kier molecular flexibility index (Phi) is 3.26. The number of carbonyl (C=O) groups excluding carboxylic acids is 5. The van der Waals surface area contributed by atoms with E-state index in [0.717, 1.165) is 17.7 Å². The predicted octanol–water partition coefficient (Wildman–Crippen LogP) is -0.0968. The highest BCUT2D eigenvalue weighted by Crippen LogP contribution is 2.48. The van der Waals surface area contributed by atoms with Gasteiger partial charge in [0.2, 0.25) is 11.8 Å². The molecule has 1 aromatic rings. The molecule has 0 spiro atoms. The largest absolute Gasteiger partial charge is 0.373 e. The molecule has 0 N–H and O–H groups in total. The molecule has 9 nitrogen and oxygen atoms in total. The van der Waals surface area contributed by atoms with Crippen molar-refractivity contribution >= 4 is 29.6 Å². The summed E-state index contributed by atoms with van der Waals surface area (Å²) in [4.78, 5) is 67.5. The topological polar surface area (TPSA) is 110 Å². The normalized spacial score (nSPS) is 31.0. The van der Waals surface area contributed by atoms with E-state index in [0.29, 0.717) is 5.06 Å². The molecule has 2 bridgehead atoms. The lowest BCUT2D eigenvalue weighted by atomic mass is 9.81. The van der Waals surface area contributed by atoms with Crippen LogP contribution in [0.15, 0.2) is 24.3 Å². The van der Waals surface area contributed by atoms with Crippen LogP contribution < -0.4 is 0 Å². The number of likely N-dealkylation sites (tertiary alicyclic amines) is 1. The van der Waals surface area contributed by atoms with Crippen molar-refractivity contribution < 1.29 is 33.5 Å². The number of nitrogens with zero attached hydrogens (tertiary/aromatic N) is 2. The average Bonchev–Trinajstić information content (AvgIpc) is 3.39. The minimum atomic E-state index is -1.03. The van der Waals surface area contributed by atoms with Gasteiger partial charge in [-0.05, 0) is 25.0 Å². The molecular weight excluding hydrogens is 356 g/mol. The summed E-state index contributed by atoms with van der Waals surface area (Å²) in [6.07, 6.45) is 0.874. The Morgan fingerprint density at radius 2 is 1.48 bits per heavy atom. The number of amides is 4. The van der Waals surface area contributed by atoms with Gasteiger partial charge in [-0.3, -0.25) is 24.1 Å². The number of benzene rings is 1. The molecule has 0 saturated carbocycles. The Hall–Kier alpha value is -3.07. The van der Waals surface area contributed by atoms with Crippen molar-refractivity contribution in [2.45, 2.75) is 25.0 Å². The second-order valence-electron chi connectivity index (χ2n) is 7.02. The number of rotatable bonds is 3. The number of hydrogen-bond acceptors (Lipinski definition) is 7. The number of fused-ring (bicyclic) bond motifs is 6. The molecule has 5 rings (SSSR count). The minimum Gasteiger partial charge on any atom is -0.373 e. The first-order valence-corrected chi connectivity index (χ1v) is 8.66. The Balaban J connectivity index is 1.30. The smallest absolute Gasteiger partial charge is 0.352 e. The molecule has 4 atom stereocenters. The average molecular weight is 370 g/mol. The van der Waals surface area contributed by atoms with E-state index >= 15 is 0 Å². The molecule has 0 aromatic heterocycles. The molecule has 4 aliphatic rings. The first kappa shape index (κ1) is 16.1. The summed E-state index contributed by atoms with van der Waals surface area (Å²) < 4.78 is 5.62.